The number of anilines is 1. The van der Waals surface area contributed by atoms with Gasteiger partial charge in [-0.1, -0.05) is 12.5 Å². The van der Waals surface area contributed by atoms with Crippen LogP contribution in [-0.4, -0.2) is 36.6 Å². The SMILES string of the molecule is CCN(C)c1ccc(CN2CCCCC2)cn1. The maximum absolute atomic E-state index is 4.51. The van der Waals surface area contributed by atoms with Crippen molar-refractivity contribution < 1.29 is 0 Å². The Balaban J connectivity index is 1.93. The van der Waals surface area contributed by atoms with Gasteiger partial charge in [0.2, 0.25) is 0 Å². The summed E-state index contributed by atoms with van der Waals surface area (Å²) >= 11 is 0. The molecule has 0 aromatic carbocycles. The number of hydrogen-bond donors (Lipinski definition) is 0. The number of rotatable bonds is 4. The Bertz CT molecular complexity index is 328. The molecule has 0 unspecified atom stereocenters. The molecule has 0 aliphatic carbocycles. The summed E-state index contributed by atoms with van der Waals surface area (Å²) in [5, 5.41) is 0. The molecule has 0 amide bonds. The van der Waals surface area contributed by atoms with Crippen molar-refractivity contribution in [2.75, 3.05) is 31.6 Å². The molecule has 0 spiro atoms. The second-order valence-electron chi connectivity index (χ2n) is 4.88. The number of nitrogens with zero attached hydrogens (tertiary/aromatic N) is 3. The summed E-state index contributed by atoms with van der Waals surface area (Å²) in [6.45, 7) is 6.69. The van der Waals surface area contributed by atoms with Crippen LogP contribution in [-0.2, 0) is 6.54 Å². The van der Waals surface area contributed by atoms with Gasteiger partial charge in [-0.25, -0.2) is 4.98 Å². The molecule has 2 heterocycles. The van der Waals surface area contributed by atoms with Gasteiger partial charge >= 0.3 is 0 Å². The number of hydrogen-bond acceptors (Lipinski definition) is 3. The van der Waals surface area contributed by atoms with Crippen LogP contribution in [0.5, 0.6) is 0 Å². The van der Waals surface area contributed by atoms with Crippen LogP contribution in [0.1, 0.15) is 31.7 Å². The molecule has 2 rings (SSSR count). The quantitative estimate of drug-likeness (QED) is 0.796. The molecule has 3 nitrogen and oxygen atoms in total. The average molecular weight is 233 g/mol. The molecule has 0 N–H and O–H groups in total. The molecule has 0 atom stereocenters. The first-order valence-corrected chi connectivity index (χ1v) is 6.68. The molecule has 1 aromatic rings. The summed E-state index contributed by atoms with van der Waals surface area (Å²) in [7, 11) is 2.08. The van der Waals surface area contributed by atoms with Gasteiger partial charge < -0.3 is 4.90 Å². The summed E-state index contributed by atoms with van der Waals surface area (Å²) < 4.78 is 0. The first kappa shape index (κ1) is 12.4. The third kappa shape index (κ3) is 3.43. The zero-order chi connectivity index (χ0) is 12.1. The van der Waals surface area contributed by atoms with Crippen molar-refractivity contribution in [2.24, 2.45) is 0 Å². The number of aromatic nitrogens is 1. The lowest BCUT2D eigenvalue weighted by atomic mass is 10.1. The third-order valence-corrected chi connectivity index (χ3v) is 3.53. The van der Waals surface area contributed by atoms with Crippen LogP contribution >= 0.6 is 0 Å². The van der Waals surface area contributed by atoms with E-state index in [4.69, 9.17) is 0 Å². The third-order valence-electron chi connectivity index (χ3n) is 3.53. The standard InChI is InChI=1S/C14H23N3/c1-3-16(2)14-8-7-13(11-15-14)12-17-9-5-4-6-10-17/h7-8,11H,3-6,9-10,12H2,1-2H3. The van der Waals surface area contributed by atoms with E-state index in [2.05, 4.69) is 40.9 Å². The fourth-order valence-corrected chi connectivity index (χ4v) is 2.27. The van der Waals surface area contributed by atoms with E-state index in [0.717, 1.165) is 18.9 Å². The van der Waals surface area contributed by atoms with Crippen LogP contribution in [0.3, 0.4) is 0 Å². The van der Waals surface area contributed by atoms with Crippen LogP contribution in [0, 0.1) is 0 Å². The minimum atomic E-state index is 0.998. The van der Waals surface area contributed by atoms with Crippen molar-refractivity contribution in [3.63, 3.8) is 0 Å². The van der Waals surface area contributed by atoms with Crippen molar-refractivity contribution in [1.82, 2.24) is 9.88 Å². The Morgan fingerprint density at radius 1 is 1.24 bits per heavy atom. The fraction of sp³-hybridized carbons (Fsp3) is 0.643. The van der Waals surface area contributed by atoms with Crippen LogP contribution in [0.4, 0.5) is 5.82 Å². The summed E-state index contributed by atoms with van der Waals surface area (Å²) in [6, 6.07) is 4.34. The molecule has 17 heavy (non-hydrogen) atoms. The first-order chi connectivity index (χ1) is 8.29. The molecule has 1 saturated heterocycles. The van der Waals surface area contributed by atoms with Gasteiger partial charge in [0.25, 0.3) is 0 Å². The predicted octanol–water partition coefficient (Wildman–Crippen LogP) is 2.52. The second kappa shape index (κ2) is 6.01. The lowest BCUT2D eigenvalue weighted by Crippen LogP contribution is -2.29. The minimum Gasteiger partial charge on any atom is -0.360 e. The van der Waals surface area contributed by atoms with Crippen molar-refractivity contribution >= 4 is 5.82 Å². The van der Waals surface area contributed by atoms with Gasteiger partial charge in [0.1, 0.15) is 5.82 Å². The maximum atomic E-state index is 4.51. The normalized spacial score (nSPS) is 17.1. The molecule has 1 aromatic heterocycles. The largest absolute Gasteiger partial charge is 0.360 e. The van der Waals surface area contributed by atoms with E-state index in [1.807, 2.05) is 6.20 Å². The topological polar surface area (TPSA) is 19.4 Å². The van der Waals surface area contributed by atoms with Gasteiger partial charge in [-0.2, -0.15) is 0 Å². The highest BCUT2D eigenvalue weighted by Gasteiger charge is 2.10. The van der Waals surface area contributed by atoms with Gasteiger partial charge in [-0.15, -0.1) is 0 Å². The summed E-state index contributed by atoms with van der Waals surface area (Å²) in [6.07, 6.45) is 6.12. The molecular formula is C14H23N3. The Kier molecular flexibility index (Phi) is 4.37. The predicted molar refractivity (Wildman–Crippen MR) is 72.3 cm³/mol. The second-order valence-corrected chi connectivity index (χ2v) is 4.88. The smallest absolute Gasteiger partial charge is 0.128 e. The Hall–Kier alpha value is -1.09. The van der Waals surface area contributed by atoms with Crippen molar-refractivity contribution in [2.45, 2.75) is 32.7 Å². The molecule has 0 radical (unpaired) electrons. The van der Waals surface area contributed by atoms with E-state index in [0.29, 0.717) is 0 Å². The lowest BCUT2D eigenvalue weighted by molar-refractivity contribution is 0.220. The molecule has 1 aliphatic heterocycles. The van der Waals surface area contributed by atoms with Gasteiger partial charge in [0.05, 0.1) is 0 Å². The van der Waals surface area contributed by atoms with E-state index in [1.165, 1.54) is 37.9 Å². The van der Waals surface area contributed by atoms with Gasteiger partial charge in [-0.05, 0) is 44.5 Å². The number of pyridine rings is 1. The molecule has 0 saturated carbocycles. The summed E-state index contributed by atoms with van der Waals surface area (Å²) in [4.78, 5) is 9.20. The van der Waals surface area contributed by atoms with E-state index < -0.39 is 0 Å². The molecule has 1 fully saturated rings. The zero-order valence-corrected chi connectivity index (χ0v) is 11.0. The minimum absolute atomic E-state index is 0.998. The van der Waals surface area contributed by atoms with Crippen molar-refractivity contribution in [3.05, 3.63) is 23.9 Å². The lowest BCUT2D eigenvalue weighted by Gasteiger charge is -2.26. The molecule has 1 aliphatic rings. The van der Waals surface area contributed by atoms with E-state index in [1.54, 1.807) is 0 Å². The Morgan fingerprint density at radius 2 is 2.00 bits per heavy atom. The van der Waals surface area contributed by atoms with E-state index in [-0.39, 0.29) is 0 Å². The Morgan fingerprint density at radius 3 is 2.59 bits per heavy atom. The van der Waals surface area contributed by atoms with Crippen LogP contribution in [0.25, 0.3) is 0 Å². The Labute approximate surface area is 104 Å². The first-order valence-electron chi connectivity index (χ1n) is 6.68. The zero-order valence-electron chi connectivity index (χ0n) is 11.0. The maximum Gasteiger partial charge on any atom is 0.128 e. The van der Waals surface area contributed by atoms with Gasteiger partial charge in [0, 0.05) is 26.3 Å². The summed E-state index contributed by atoms with van der Waals surface area (Å²) in [5.74, 6) is 1.06. The highest BCUT2D eigenvalue weighted by Crippen LogP contribution is 2.14. The molecule has 3 heteroatoms. The van der Waals surface area contributed by atoms with Gasteiger partial charge in [0.15, 0.2) is 0 Å². The van der Waals surface area contributed by atoms with Crippen LogP contribution < -0.4 is 4.90 Å². The van der Waals surface area contributed by atoms with E-state index in [9.17, 15) is 0 Å². The van der Waals surface area contributed by atoms with Crippen molar-refractivity contribution in [1.29, 1.82) is 0 Å². The number of piperidine rings is 1. The number of likely N-dealkylation sites (tertiary alicyclic amines) is 1. The average Bonchev–Trinajstić information content (AvgIpc) is 2.40. The van der Waals surface area contributed by atoms with Gasteiger partial charge in [-0.3, -0.25) is 4.90 Å². The molecular weight excluding hydrogens is 210 g/mol. The molecule has 0 bridgehead atoms. The summed E-state index contributed by atoms with van der Waals surface area (Å²) in [5.41, 5.74) is 1.33. The van der Waals surface area contributed by atoms with E-state index >= 15 is 0 Å². The molecule has 94 valence electrons. The van der Waals surface area contributed by atoms with Crippen molar-refractivity contribution in [3.8, 4) is 0 Å². The monoisotopic (exact) mass is 233 g/mol. The highest BCUT2D eigenvalue weighted by molar-refractivity contribution is 5.37. The van der Waals surface area contributed by atoms with Crippen LogP contribution in [0.15, 0.2) is 18.3 Å². The van der Waals surface area contributed by atoms with Crippen LogP contribution in [0.2, 0.25) is 0 Å². The highest BCUT2D eigenvalue weighted by atomic mass is 15.2. The fourth-order valence-electron chi connectivity index (χ4n) is 2.27.